The standard InChI is InChI=1S/C11H16N2O4/c1-15-6-11(14)13-8-5-10(17-3)9(16-2)4-7(8)12/h4-5H,6,12H2,1-3H3,(H,13,14). The molecule has 1 aromatic carbocycles. The Morgan fingerprint density at radius 1 is 1.24 bits per heavy atom. The minimum Gasteiger partial charge on any atom is -0.493 e. The number of nitrogens with one attached hydrogen (secondary N) is 1. The molecule has 1 aromatic rings. The number of rotatable bonds is 5. The molecule has 0 aromatic heterocycles. The molecule has 0 aliphatic heterocycles. The van der Waals surface area contributed by atoms with Gasteiger partial charge < -0.3 is 25.3 Å². The molecule has 0 saturated carbocycles. The number of benzene rings is 1. The maximum absolute atomic E-state index is 11.4. The normalized spacial score (nSPS) is 9.82. The molecule has 0 spiro atoms. The lowest BCUT2D eigenvalue weighted by Crippen LogP contribution is -2.18. The highest BCUT2D eigenvalue weighted by Crippen LogP contribution is 2.34. The van der Waals surface area contributed by atoms with Gasteiger partial charge in [0.1, 0.15) is 6.61 Å². The van der Waals surface area contributed by atoms with Crippen molar-refractivity contribution in [2.24, 2.45) is 0 Å². The molecular weight excluding hydrogens is 224 g/mol. The third kappa shape index (κ3) is 3.25. The van der Waals surface area contributed by atoms with E-state index < -0.39 is 0 Å². The van der Waals surface area contributed by atoms with E-state index in [1.54, 1.807) is 12.1 Å². The van der Waals surface area contributed by atoms with Crippen LogP contribution in [-0.2, 0) is 9.53 Å². The Balaban J connectivity index is 2.96. The number of carbonyl (C=O) groups is 1. The first-order chi connectivity index (χ1) is 8.12. The van der Waals surface area contributed by atoms with Crippen LogP contribution in [0.15, 0.2) is 12.1 Å². The van der Waals surface area contributed by atoms with Gasteiger partial charge in [0.15, 0.2) is 11.5 Å². The van der Waals surface area contributed by atoms with Crippen LogP contribution in [0.4, 0.5) is 11.4 Å². The largest absolute Gasteiger partial charge is 0.493 e. The van der Waals surface area contributed by atoms with Crippen LogP contribution in [0.3, 0.4) is 0 Å². The minimum absolute atomic E-state index is 0.0339. The van der Waals surface area contributed by atoms with E-state index in [0.29, 0.717) is 22.9 Å². The lowest BCUT2D eigenvalue weighted by atomic mass is 10.2. The fraction of sp³-hybridized carbons (Fsp3) is 0.364. The van der Waals surface area contributed by atoms with Gasteiger partial charge in [0.25, 0.3) is 0 Å². The van der Waals surface area contributed by atoms with Crippen molar-refractivity contribution in [2.75, 3.05) is 39.0 Å². The number of methoxy groups -OCH3 is 3. The summed E-state index contributed by atoms with van der Waals surface area (Å²) in [4.78, 5) is 11.4. The maximum atomic E-state index is 11.4. The van der Waals surface area contributed by atoms with Crippen LogP contribution in [-0.4, -0.2) is 33.8 Å². The van der Waals surface area contributed by atoms with Gasteiger partial charge in [-0.1, -0.05) is 0 Å². The zero-order valence-corrected chi connectivity index (χ0v) is 10.1. The number of nitrogen functional groups attached to an aromatic ring is 1. The predicted octanol–water partition coefficient (Wildman–Crippen LogP) is 0.871. The zero-order valence-electron chi connectivity index (χ0n) is 10.1. The Morgan fingerprint density at radius 2 is 1.82 bits per heavy atom. The Hall–Kier alpha value is -1.95. The fourth-order valence-electron chi connectivity index (χ4n) is 1.32. The van der Waals surface area contributed by atoms with Gasteiger partial charge >= 0.3 is 0 Å². The van der Waals surface area contributed by atoms with E-state index in [4.69, 9.17) is 19.9 Å². The summed E-state index contributed by atoms with van der Waals surface area (Å²) in [6.45, 7) is -0.0339. The number of carbonyl (C=O) groups excluding carboxylic acids is 1. The Labute approximate surface area is 99.6 Å². The zero-order chi connectivity index (χ0) is 12.8. The summed E-state index contributed by atoms with van der Waals surface area (Å²) in [5.74, 6) is 0.718. The summed E-state index contributed by atoms with van der Waals surface area (Å²) in [6.07, 6.45) is 0. The lowest BCUT2D eigenvalue weighted by molar-refractivity contribution is -0.119. The molecule has 6 nitrogen and oxygen atoms in total. The molecule has 0 fully saturated rings. The highest BCUT2D eigenvalue weighted by molar-refractivity contribution is 5.95. The summed E-state index contributed by atoms with van der Waals surface area (Å²) in [5.41, 5.74) is 6.63. The van der Waals surface area contributed by atoms with Gasteiger partial charge in [-0.25, -0.2) is 0 Å². The second kappa shape index (κ2) is 5.95. The first-order valence-corrected chi connectivity index (χ1v) is 4.92. The molecule has 17 heavy (non-hydrogen) atoms. The molecule has 3 N–H and O–H groups in total. The Bertz CT molecular complexity index is 407. The van der Waals surface area contributed by atoms with Gasteiger partial charge in [0.05, 0.1) is 25.6 Å². The third-order valence-electron chi connectivity index (χ3n) is 2.11. The molecule has 0 aliphatic carbocycles. The molecule has 0 aliphatic rings. The molecule has 0 bridgehead atoms. The van der Waals surface area contributed by atoms with Crippen molar-refractivity contribution in [1.29, 1.82) is 0 Å². The highest BCUT2D eigenvalue weighted by atomic mass is 16.5. The first kappa shape index (κ1) is 13.1. The van der Waals surface area contributed by atoms with Crippen LogP contribution in [0.2, 0.25) is 0 Å². The SMILES string of the molecule is COCC(=O)Nc1cc(OC)c(OC)cc1N. The molecule has 0 atom stereocenters. The molecule has 6 heteroatoms. The van der Waals surface area contributed by atoms with Crippen LogP contribution in [0.1, 0.15) is 0 Å². The smallest absolute Gasteiger partial charge is 0.250 e. The number of hydrogen-bond donors (Lipinski definition) is 2. The average molecular weight is 240 g/mol. The number of anilines is 2. The second-order valence-electron chi connectivity index (χ2n) is 3.28. The van der Waals surface area contributed by atoms with Gasteiger partial charge in [0.2, 0.25) is 5.91 Å². The quantitative estimate of drug-likeness (QED) is 0.746. The van der Waals surface area contributed by atoms with Crippen LogP contribution in [0.25, 0.3) is 0 Å². The summed E-state index contributed by atoms with van der Waals surface area (Å²) < 4.78 is 14.9. The number of amides is 1. The number of hydrogen-bond acceptors (Lipinski definition) is 5. The molecule has 0 saturated heterocycles. The maximum Gasteiger partial charge on any atom is 0.250 e. The molecule has 94 valence electrons. The fourth-order valence-corrected chi connectivity index (χ4v) is 1.32. The van der Waals surface area contributed by atoms with Crippen molar-refractivity contribution in [3.05, 3.63) is 12.1 Å². The van der Waals surface area contributed by atoms with Crippen molar-refractivity contribution in [2.45, 2.75) is 0 Å². The van der Waals surface area contributed by atoms with E-state index in [1.165, 1.54) is 21.3 Å². The molecule has 0 heterocycles. The average Bonchev–Trinajstić information content (AvgIpc) is 2.31. The highest BCUT2D eigenvalue weighted by Gasteiger charge is 2.11. The molecule has 0 unspecified atom stereocenters. The van der Waals surface area contributed by atoms with Gasteiger partial charge in [-0.3, -0.25) is 4.79 Å². The van der Waals surface area contributed by atoms with Crippen LogP contribution in [0.5, 0.6) is 11.5 Å². The second-order valence-corrected chi connectivity index (χ2v) is 3.28. The van der Waals surface area contributed by atoms with E-state index in [2.05, 4.69) is 5.32 Å². The molecule has 1 amide bonds. The van der Waals surface area contributed by atoms with Gasteiger partial charge in [-0.15, -0.1) is 0 Å². The summed E-state index contributed by atoms with van der Waals surface area (Å²) in [7, 11) is 4.47. The van der Waals surface area contributed by atoms with Crippen molar-refractivity contribution < 1.29 is 19.0 Å². The van der Waals surface area contributed by atoms with Crippen LogP contribution < -0.4 is 20.5 Å². The van der Waals surface area contributed by atoms with E-state index >= 15 is 0 Å². The minimum atomic E-state index is -0.286. The van der Waals surface area contributed by atoms with Crippen molar-refractivity contribution in [3.8, 4) is 11.5 Å². The monoisotopic (exact) mass is 240 g/mol. The van der Waals surface area contributed by atoms with E-state index in [-0.39, 0.29) is 12.5 Å². The van der Waals surface area contributed by atoms with Gasteiger partial charge in [-0.05, 0) is 0 Å². The topological polar surface area (TPSA) is 82.8 Å². The Kier molecular flexibility index (Phi) is 4.59. The number of ether oxygens (including phenoxy) is 3. The van der Waals surface area contributed by atoms with Crippen molar-refractivity contribution >= 4 is 17.3 Å². The molecular formula is C11H16N2O4. The Morgan fingerprint density at radius 3 is 2.35 bits per heavy atom. The molecule has 0 radical (unpaired) electrons. The predicted molar refractivity (Wildman–Crippen MR) is 64.5 cm³/mol. The lowest BCUT2D eigenvalue weighted by Gasteiger charge is -2.13. The summed E-state index contributed by atoms with van der Waals surface area (Å²) in [5, 5.41) is 2.61. The van der Waals surface area contributed by atoms with Crippen molar-refractivity contribution in [3.63, 3.8) is 0 Å². The van der Waals surface area contributed by atoms with E-state index in [0.717, 1.165) is 0 Å². The van der Waals surface area contributed by atoms with Crippen molar-refractivity contribution in [1.82, 2.24) is 0 Å². The summed E-state index contributed by atoms with van der Waals surface area (Å²) >= 11 is 0. The third-order valence-corrected chi connectivity index (χ3v) is 2.11. The first-order valence-electron chi connectivity index (χ1n) is 4.92. The number of nitrogens with two attached hydrogens (primary N) is 1. The van der Waals surface area contributed by atoms with Gasteiger partial charge in [0, 0.05) is 19.2 Å². The van der Waals surface area contributed by atoms with E-state index in [1.807, 2.05) is 0 Å². The summed E-state index contributed by atoms with van der Waals surface area (Å²) in [6, 6.07) is 3.18. The molecule has 1 rings (SSSR count). The van der Waals surface area contributed by atoms with Crippen LogP contribution >= 0.6 is 0 Å². The van der Waals surface area contributed by atoms with E-state index in [9.17, 15) is 4.79 Å². The van der Waals surface area contributed by atoms with Crippen LogP contribution in [0, 0.1) is 0 Å². The van der Waals surface area contributed by atoms with Gasteiger partial charge in [-0.2, -0.15) is 0 Å².